The van der Waals surface area contributed by atoms with Crippen molar-refractivity contribution in [3.63, 3.8) is 0 Å². The lowest BCUT2D eigenvalue weighted by molar-refractivity contribution is -0.132. The highest BCUT2D eigenvalue weighted by Gasteiger charge is 2.08. The number of carbonyl (C=O) groups is 1. The maximum atomic E-state index is 11.7. The number of aromatic hydroxyl groups is 1. The first-order valence-electron chi connectivity index (χ1n) is 5.72. The van der Waals surface area contributed by atoms with Crippen molar-refractivity contribution in [2.45, 2.75) is 13.3 Å². The van der Waals surface area contributed by atoms with Crippen LogP contribution in [0.15, 0.2) is 39.1 Å². The second-order valence-corrected chi connectivity index (χ2v) is 4.04. The van der Waals surface area contributed by atoms with Crippen LogP contribution >= 0.6 is 0 Å². The summed E-state index contributed by atoms with van der Waals surface area (Å²) in [6, 6.07) is 5.94. The van der Waals surface area contributed by atoms with E-state index in [-0.39, 0.29) is 22.5 Å². The van der Waals surface area contributed by atoms with Crippen LogP contribution in [0.5, 0.6) is 5.75 Å². The molecule has 0 saturated carbocycles. The van der Waals surface area contributed by atoms with E-state index in [0.717, 1.165) is 0 Å². The van der Waals surface area contributed by atoms with E-state index in [9.17, 15) is 14.7 Å². The molecule has 0 aliphatic carbocycles. The largest absolute Gasteiger partial charge is 0.508 e. The summed E-state index contributed by atoms with van der Waals surface area (Å²) in [5.74, 6) is -1.06. The van der Waals surface area contributed by atoms with E-state index in [1.807, 2.05) is 0 Å². The predicted molar refractivity (Wildman–Crippen MR) is 70.1 cm³/mol. The van der Waals surface area contributed by atoms with Crippen LogP contribution in [0, 0.1) is 0 Å². The van der Waals surface area contributed by atoms with Crippen LogP contribution in [-0.4, -0.2) is 16.2 Å². The summed E-state index contributed by atoms with van der Waals surface area (Å²) in [6.45, 7) is 1.70. The molecule has 1 aromatic heterocycles. The Labute approximate surface area is 108 Å². The Morgan fingerprint density at radius 3 is 2.74 bits per heavy atom. The number of aliphatic carboxylic acids is 1. The van der Waals surface area contributed by atoms with Crippen molar-refractivity contribution in [2.75, 3.05) is 0 Å². The van der Waals surface area contributed by atoms with Gasteiger partial charge in [-0.05, 0) is 30.7 Å². The molecule has 5 nitrogen and oxygen atoms in total. The molecular weight excluding hydrogens is 248 g/mol. The average molecular weight is 260 g/mol. The van der Waals surface area contributed by atoms with Crippen molar-refractivity contribution in [3.8, 4) is 5.75 Å². The highest BCUT2D eigenvalue weighted by atomic mass is 16.4. The van der Waals surface area contributed by atoms with Gasteiger partial charge in [0, 0.05) is 17.0 Å². The predicted octanol–water partition coefficient (Wildman–Crippen LogP) is 2.38. The van der Waals surface area contributed by atoms with Crippen LogP contribution in [0.1, 0.15) is 18.9 Å². The van der Waals surface area contributed by atoms with Crippen molar-refractivity contribution in [2.24, 2.45) is 0 Å². The molecule has 0 bridgehead atoms. The van der Waals surface area contributed by atoms with E-state index in [1.54, 1.807) is 19.1 Å². The quantitative estimate of drug-likeness (QED) is 0.653. The molecular formula is C14H12O5. The molecule has 2 N–H and O–H groups in total. The summed E-state index contributed by atoms with van der Waals surface area (Å²) in [7, 11) is 0. The first-order valence-corrected chi connectivity index (χ1v) is 5.72. The minimum Gasteiger partial charge on any atom is -0.508 e. The maximum absolute atomic E-state index is 11.7. The van der Waals surface area contributed by atoms with Gasteiger partial charge in [-0.1, -0.05) is 6.92 Å². The van der Waals surface area contributed by atoms with Gasteiger partial charge in [0.25, 0.3) is 0 Å². The van der Waals surface area contributed by atoms with Crippen LogP contribution in [-0.2, 0) is 4.79 Å². The fraction of sp³-hybridized carbons (Fsp3) is 0.143. The Hall–Kier alpha value is -2.56. The lowest BCUT2D eigenvalue weighted by Gasteiger charge is -2.01. The standard InChI is InChI=1S/C14H12O5/c1-2-8(13(16)17)5-10-6-9-3-4-11(15)7-12(9)19-14(10)18/h3-7,15H,2H2,1H3,(H,16,17). The zero-order chi connectivity index (χ0) is 14.0. The average Bonchev–Trinajstić information content (AvgIpc) is 2.35. The van der Waals surface area contributed by atoms with Crippen molar-refractivity contribution in [3.05, 3.63) is 45.8 Å². The highest BCUT2D eigenvalue weighted by molar-refractivity contribution is 5.92. The highest BCUT2D eigenvalue weighted by Crippen LogP contribution is 2.20. The summed E-state index contributed by atoms with van der Waals surface area (Å²) >= 11 is 0. The zero-order valence-corrected chi connectivity index (χ0v) is 10.2. The van der Waals surface area contributed by atoms with Crippen molar-refractivity contribution < 1.29 is 19.4 Å². The molecule has 2 rings (SSSR count). The van der Waals surface area contributed by atoms with Crippen LogP contribution in [0.25, 0.3) is 17.0 Å². The van der Waals surface area contributed by atoms with Gasteiger partial charge in [0.1, 0.15) is 11.3 Å². The monoisotopic (exact) mass is 260 g/mol. The number of benzene rings is 1. The van der Waals surface area contributed by atoms with Gasteiger partial charge in [0.15, 0.2) is 0 Å². The third kappa shape index (κ3) is 2.65. The molecule has 19 heavy (non-hydrogen) atoms. The lowest BCUT2D eigenvalue weighted by atomic mass is 10.1. The number of hydrogen-bond acceptors (Lipinski definition) is 4. The number of carboxylic acid groups (broad SMARTS) is 1. The molecule has 5 heteroatoms. The third-order valence-corrected chi connectivity index (χ3v) is 2.73. The fourth-order valence-corrected chi connectivity index (χ4v) is 1.72. The number of phenolic OH excluding ortho intramolecular Hbond substituents is 1. The number of rotatable bonds is 3. The molecule has 98 valence electrons. The van der Waals surface area contributed by atoms with Crippen molar-refractivity contribution in [1.82, 2.24) is 0 Å². The smallest absolute Gasteiger partial charge is 0.343 e. The minimum atomic E-state index is -1.06. The second kappa shape index (κ2) is 4.97. The lowest BCUT2D eigenvalue weighted by Crippen LogP contribution is -2.05. The first-order chi connectivity index (χ1) is 9.01. The summed E-state index contributed by atoms with van der Waals surface area (Å²) in [5.41, 5.74) is -0.0660. The Balaban J connectivity index is 2.62. The SMILES string of the molecule is CCC(=Cc1cc2ccc(O)cc2oc1=O)C(=O)O. The summed E-state index contributed by atoms with van der Waals surface area (Å²) < 4.78 is 5.05. The van der Waals surface area contributed by atoms with Gasteiger partial charge in [-0.3, -0.25) is 0 Å². The van der Waals surface area contributed by atoms with Crippen LogP contribution < -0.4 is 5.63 Å². The van der Waals surface area contributed by atoms with Gasteiger partial charge < -0.3 is 14.6 Å². The van der Waals surface area contributed by atoms with Gasteiger partial charge in [-0.25, -0.2) is 9.59 Å². The molecule has 0 atom stereocenters. The van der Waals surface area contributed by atoms with E-state index in [4.69, 9.17) is 9.52 Å². The van der Waals surface area contributed by atoms with Crippen LogP contribution in [0.3, 0.4) is 0 Å². The van der Waals surface area contributed by atoms with Gasteiger partial charge in [-0.2, -0.15) is 0 Å². The maximum Gasteiger partial charge on any atom is 0.343 e. The second-order valence-electron chi connectivity index (χ2n) is 4.04. The van der Waals surface area contributed by atoms with E-state index < -0.39 is 11.6 Å². The molecule has 0 radical (unpaired) electrons. The minimum absolute atomic E-state index is 0.00118. The number of phenols is 1. The molecule has 0 unspecified atom stereocenters. The van der Waals surface area contributed by atoms with Gasteiger partial charge in [0.2, 0.25) is 0 Å². The van der Waals surface area contributed by atoms with Crippen LogP contribution in [0.2, 0.25) is 0 Å². The molecule has 0 spiro atoms. The zero-order valence-electron chi connectivity index (χ0n) is 10.2. The molecule has 0 aliphatic rings. The summed E-state index contributed by atoms with van der Waals surface area (Å²) in [5, 5.41) is 18.9. The van der Waals surface area contributed by atoms with Gasteiger partial charge in [0.05, 0.1) is 5.56 Å². The first kappa shape index (κ1) is 12.9. The van der Waals surface area contributed by atoms with Gasteiger partial charge in [-0.15, -0.1) is 0 Å². The van der Waals surface area contributed by atoms with Gasteiger partial charge >= 0.3 is 11.6 Å². The van der Waals surface area contributed by atoms with E-state index >= 15 is 0 Å². The van der Waals surface area contributed by atoms with Crippen molar-refractivity contribution in [1.29, 1.82) is 0 Å². The van der Waals surface area contributed by atoms with Crippen molar-refractivity contribution >= 4 is 23.0 Å². The number of fused-ring (bicyclic) bond motifs is 1. The van der Waals surface area contributed by atoms with E-state index in [2.05, 4.69) is 0 Å². The molecule has 0 aliphatic heterocycles. The summed E-state index contributed by atoms with van der Waals surface area (Å²) in [4.78, 5) is 22.7. The Morgan fingerprint density at radius 1 is 1.37 bits per heavy atom. The molecule has 0 saturated heterocycles. The van der Waals surface area contributed by atoms with E-state index in [1.165, 1.54) is 18.2 Å². The molecule has 1 heterocycles. The third-order valence-electron chi connectivity index (χ3n) is 2.73. The Bertz CT molecular complexity index is 724. The Morgan fingerprint density at radius 2 is 2.11 bits per heavy atom. The topological polar surface area (TPSA) is 87.7 Å². The molecule has 2 aromatic rings. The normalized spacial score (nSPS) is 11.7. The summed E-state index contributed by atoms with van der Waals surface area (Å²) in [6.07, 6.45) is 1.61. The molecule has 0 fully saturated rings. The number of carboxylic acids is 1. The number of hydrogen-bond donors (Lipinski definition) is 2. The fourth-order valence-electron chi connectivity index (χ4n) is 1.72. The molecule has 1 aromatic carbocycles. The molecule has 0 amide bonds. The van der Waals surface area contributed by atoms with E-state index in [0.29, 0.717) is 11.8 Å². The van der Waals surface area contributed by atoms with Crippen LogP contribution in [0.4, 0.5) is 0 Å². The Kier molecular flexibility index (Phi) is 3.37.